The number of fused-ring (bicyclic) bond motifs is 1. The van der Waals surface area contributed by atoms with Crippen molar-refractivity contribution in [2.75, 3.05) is 0 Å². The molecule has 1 aliphatic rings. The van der Waals surface area contributed by atoms with Crippen LogP contribution in [0.2, 0.25) is 0 Å². The Morgan fingerprint density at radius 3 is 1.39 bits per heavy atom. The van der Waals surface area contributed by atoms with Gasteiger partial charge in [-0.3, -0.25) is 0 Å². The van der Waals surface area contributed by atoms with Gasteiger partial charge in [-0.05, 0) is 0 Å². The Balaban J connectivity index is 1.85. The molecule has 0 spiro atoms. The average Bonchev–Trinajstić information content (AvgIpc) is 2.92. The number of hydrogen-bond acceptors (Lipinski definition) is 0. The normalized spacial score (nSPS) is 18.4. The van der Waals surface area contributed by atoms with Gasteiger partial charge in [-0.1, -0.05) is 0 Å². The molecule has 5 rings (SSSR count). The maximum atomic E-state index is 4.70. The molecule has 0 nitrogen and oxygen atoms in total. The first-order valence-electron chi connectivity index (χ1n) is 13.1. The van der Waals surface area contributed by atoms with Crippen LogP contribution in [0.3, 0.4) is 0 Å². The summed E-state index contributed by atoms with van der Waals surface area (Å²) in [5, 5.41) is 0.989. The molecule has 0 radical (unpaired) electrons. The molecule has 0 saturated heterocycles. The predicted octanol–water partition coefficient (Wildman–Crippen LogP) is 8.94. The van der Waals surface area contributed by atoms with Gasteiger partial charge in [0.15, 0.2) is 0 Å². The van der Waals surface area contributed by atoms with Gasteiger partial charge in [-0.15, -0.1) is 0 Å². The molecular weight excluding hydrogens is 519 g/mol. The van der Waals surface area contributed by atoms with Crippen LogP contribution in [0.1, 0.15) is 69.8 Å². The van der Waals surface area contributed by atoms with E-state index in [1.54, 1.807) is 0 Å². The fourth-order valence-corrected chi connectivity index (χ4v) is 14.5. The molecular formula is C34H38BrP. The maximum absolute atomic E-state index is 4.70. The predicted molar refractivity (Wildman–Crippen MR) is 164 cm³/mol. The van der Waals surface area contributed by atoms with Crippen molar-refractivity contribution >= 4 is 36.7 Å². The van der Waals surface area contributed by atoms with Crippen LogP contribution in [0.25, 0.3) is 0 Å². The van der Waals surface area contributed by atoms with Gasteiger partial charge in [0.05, 0.1) is 0 Å². The van der Waals surface area contributed by atoms with E-state index in [4.69, 9.17) is 15.5 Å². The summed E-state index contributed by atoms with van der Waals surface area (Å²) in [6.45, 7) is 12.1. The van der Waals surface area contributed by atoms with Crippen LogP contribution in [-0.2, 0) is 10.8 Å². The third kappa shape index (κ3) is 3.74. The van der Waals surface area contributed by atoms with E-state index < -0.39 is 5.31 Å². The summed E-state index contributed by atoms with van der Waals surface area (Å²) in [5.74, 6) is 0. The van der Waals surface area contributed by atoms with E-state index in [1.165, 1.54) is 45.4 Å². The molecule has 0 heterocycles. The zero-order valence-corrected chi connectivity index (χ0v) is 24.7. The van der Waals surface area contributed by atoms with Gasteiger partial charge < -0.3 is 0 Å². The molecule has 1 aliphatic carbocycles. The number of benzene rings is 4. The summed E-state index contributed by atoms with van der Waals surface area (Å²) >= 11 is 4.70. The Morgan fingerprint density at radius 2 is 0.972 bits per heavy atom. The molecule has 0 fully saturated rings. The molecule has 186 valence electrons. The van der Waals surface area contributed by atoms with Crippen molar-refractivity contribution in [2.24, 2.45) is 0 Å². The van der Waals surface area contributed by atoms with E-state index in [9.17, 15) is 0 Å². The molecule has 4 aromatic carbocycles. The SMILES string of the molecule is CC(c1ccc2c(c1)C(C)(C)CCC2(C)C)P(Br)(c1ccccc1)(c1ccccc1)c1ccccc1. The Kier molecular flexibility index (Phi) is 6.34. The van der Waals surface area contributed by atoms with Crippen LogP contribution in [0, 0.1) is 0 Å². The van der Waals surface area contributed by atoms with Gasteiger partial charge in [0.2, 0.25) is 0 Å². The number of hydrogen-bond donors (Lipinski definition) is 0. The molecule has 1 atom stereocenters. The molecule has 0 amide bonds. The van der Waals surface area contributed by atoms with E-state index in [2.05, 4.69) is 144 Å². The third-order valence-electron chi connectivity index (χ3n) is 8.87. The summed E-state index contributed by atoms with van der Waals surface area (Å²) in [6.07, 6.45) is 2.46. The first kappa shape index (κ1) is 25.4. The van der Waals surface area contributed by atoms with Crippen LogP contribution < -0.4 is 15.9 Å². The molecule has 4 aromatic rings. The van der Waals surface area contributed by atoms with E-state index in [-0.39, 0.29) is 16.5 Å². The second-order valence-electron chi connectivity index (χ2n) is 11.8. The Morgan fingerprint density at radius 1 is 0.583 bits per heavy atom. The zero-order valence-electron chi connectivity index (χ0n) is 22.2. The van der Waals surface area contributed by atoms with Crippen molar-refractivity contribution in [3.8, 4) is 0 Å². The fourth-order valence-electron chi connectivity index (χ4n) is 6.42. The molecule has 0 aromatic heterocycles. The first-order valence-corrected chi connectivity index (χ1v) is 17.5. The molecule has 0 saturated carbocycles. The van der Waals surface area contributed by atoms with E-state index in [0.29, 0.717) is 0 Å². The van der Waals surface area contributed by atoms with Crippen LogP contribution >= 0.6 is 20.8 Å². The van der Waals surface area contributed by atoms with Gasteiger partial charge in [0.1, 0.15) is 0 Å². The molecule has 0 aliphatic heterocycles. The average molecular weight is 558 g/mol. The van der Waals surface area contributed by atoms with E-state index in [1.807, 2.05) is 0 Å². The summed E-state index contributed by atoms with van der Waals surface area (Å²) in [6, 6.07) is 40.9. The molecule has 1 unspecified atom stereocenters. The summed E-state index contributed by atoms with van der Waals surface area (Å²) in [7, 11) is 0. The van der Waals surface area contributed by atoms with Crippen molar-refractivity contribution in [3.63, 3.8) is 0 Å². The van der Waals surface area contributed by atoms with Gasteiger partial charge in [-0.25, -0.2) is 0 Å². The summed E-state index contributed by atoms with van der Waals surface area (Å²) < 4.78 is 0. The van der Waals surface area contributed by atoms with Crippen molar-refractivity contribution in [1.82, 2.24) is 0 Å². The van der Waals surface area contributed by atoms with Gasteiger partial charge in [0, 0.05) is 0 Å². The van der Waals surface area contributed by atoms with Crippen LogP contribution in [-0.4, -0.2) is 0 Å². The second kappa shape index (κ2) is 8.97. The van der Waals surface area contributed by atoms with Crippen molar-refractivity contribution in [1.29, 1.82) is 0 Å². The minimum absolute atomic E-state index is 0.176. The minimum atomic E-state index is -3.11. The summed E-state index contributed by atoms with van der Waals surface area (Å²) in [4.78, 5) is 0. The molecule has 2 heteroatoms. The Labute approximate surface area is 225 Å². The number of halogens is 1. The quantitative estimate of drug-likeness (QED) is 0.215. The molecule has 0 bridgehead atoms. The van der Waals surface area contributed by atoms with Gasteiger partial charge >= 0.3 is 227 Å². The van der Waals surface area contributed by atoms with Crippen LogP contribution in [0.5, 0.6) is 0 Å². The fraction of sp³-hybridized carbons (Fsp3) is 0.294. The van der Waals surface area contributed by atoms with Crippen LogP contribution in [0.4, 0.5) is 0 Å². The monoisotopic (exact) mass is 556 g/mol. The Hall–Kier alpha value is -2.21. The second-order valence-corrected chi connectivity index (χ2v) is 20.7. The zero-order chi connectivity index (χ0) is 25.6. The van der Waals surface area contributed by atoms with E-state index >= 15 is 0 Å². The topological polar surface area (TPSA) is 0 Å². The first-order chi connectivity index (χ1) is 17.1. The molecule has 0 N–H and O–H groups in total. The van der Waals surface area contributed by atoms with Gasteiger partial charge in [-0.2, -0.15) is 0 Å². The van der Waals surface area contributed by atoms with Crippen LogP contribution in [0.15, 0.2) is 109 Å². The van der Waals surface area contributed by atoms with E-state index in [0.717, 1.165) is 0 Å². The van der Waals surface area contributed by atoms with Crippen molar-refractivity contribution in [3.05, 3.63) is 126 Å². The third-order valence-corrected chi connectivity index (χ3v) is 20.1. The summed E-state index contributed by atoms with van der Waals surface area (Å²) in [5.41, 5.74) is 5.07. The number of rotatable bonds is 5. The standard InChI is InChI=1S/C34H38BrP/c1-26(27-21-22-31-32(25-27)34(4,5)24-23-33(31,2)3)36(35,28-15-9-6-10-16-28,29-17-11-7-12-18-29)30-19-13-8-14-20-30/h6-22,25-26H,23-24H2,1-5H3. The molecule has 36 heavy (non-hydrogen) atoms. The van der Waals surface area contributed by atoms with Crippen molar-refractivity contribution < 1.29 is 0 Å². The Bertz CT molecular complexity index is 1260. The van der Waals surface area contributed by atoms with Gasteiger partial charge in [0.25, 0.3) is 0 Å². The van der Waals surface area contributed by atoms with Crippen molar-refractivity contribution in [2.45, 2.75) is 63.9 Å².